The zero-order valence-corrected chi connectivity index (χ0v) is 27.1. The number of aromatic nitrogens is 14. The average Bonchev–Trinajstić information content (AvgIpc) is 3.97. The van der Waals surface area contributed by atoms with Crippen molar-refractivity contribution in [3.05, 3.63) is 109 Å². The molecular weight excluding hydrogens is 632 g/mol. The van der Waals surface area contributed by atoms with Crippen LogP contribution in [-0.4, -0.2) is 68.1 Å². The predicted octanol–water partition coefficient (Wildman–Crippen LogP) is 4.05. The molecule has 8 aromatic rings. The van der Waals surface area contributed by atoms with Crippen LogP contribution in [0.1, 0.15) is 36.9 Å². The van der Waals surface area contributed by atoms with Crippen LogP contribution >= 0.6 is 0 Å². The summed E-state index contributed by atoms with van der Waals surface area (Å²) in [5, 5.41) is 18.7. The van der Waals surface area contributed by atoms with Gasteiger partial charge in [-0.15, -0.1) is 0 Å². The summed E-state index contributed by atoms with van der Waals surface area (Å²) in [6, 6.07) is 11.5. The van der Waals surface area contributed by atoms with Crippen LogP contribution in [0.4, 0.5) is 0 Å². The second-order valence-electron chi connectivity index (χ2n) is 10.7. The highest BCUT2D eigenvalue weighted by atomic mass is 15.2. The van der Waals surface area contributed by atoms with Gasteiger partial charge >= 0.3 is 0 Å². The molecule has 0 atom stereocenters. The summed E-state index contributed by atoms with van der Waals surface area (Å²) in [6.45, 7) is 6.43. The Morgan fingerprint density at radius 1 is 0.540 bits per heavy atom. The van der Waals surface area contributed by atoms with Crippen LogP contribution < -0.4 is 0 Å². The molecule has 8 heterocycles. The fourth-order valence-electron chi connectivity index (χ4n) is 5.76. The topological polar surface area (TPSA) is 196 Å². The van der Waals surface area contributed by atoms with Gasteiger partial charge in [0.15, 0.2) is 34.7 Å². The molecule has 0 radical (unpaired) electrons. The molecule has 0 aliphatic rings. The molecule has 0 saturated carbocycles. The maximum absolute atomic E-state index is 9.33. The third kappa shape index (κ3) is 5.88. The predicted molar refractivity (Wildman–Crippen MR) is 181 cm³/mol. The van der Waals surface area contributed by atoms with Gasteiger partial charge in [-0.3, -0.25) is 0 Å². The van der Waals surface area contributed by atoms with E-state index in [-0.39, 0.29) is 0 Å². The van der Waals surface area contributed by atoms with Gasteiger partial charge in [0.05, 0.1) is 24.1 Å². The van der Waals surface area contributed by atoms with Crippen molar-refractivity contribution in [2.24, 2.45) is 0 Å². The summed E-state index contributed by atoms with van der Waals surface area (Å²) in [4.78, 5) is 43.4. The number of pyridine rings is 2. The van der Waals surface area contributed by atoms with Crippen molar-refractivity contribution in [3.63, 3.8) is 0 Å². The maximum atomic E-state index is 9.33. The first-order valence-corrected chi connectivity index (χ1v) is 15.7. The lowest BCUT2D eigenvalue weighted by Crippen LogP contribution is -2.09. The van der Waals surface area contributed by atoms with E-state index in [1.165, 1.54) is 0 Å². The molecule has 0 aliphatic heterocycles. The Kier molecular flexibility index (Phi) is 8.72. The van der Waals surface area contributed by atoms with Crippen LogP contribution in [0.15, 0.2) is 86.2 Å². The van der Waals surface area contributed by atoms with E-state index in [1.807, 2.05) is 56.6 Å². The molecule has 16 nitrogen and oxygen atoms in total. The maximum Gasteiger partial charge on any atom is 0.195 e. The lowest BCUT2D eigenvalue weighted by molar-refractivity contribution is 0.665. The monoisotopic (exact) mass is 660 g/mol. The number of rotatable bonds is 8. The van der Waals surface area contributed by atoms with Crippen molar-refractivity contribution >= 4 is 22.1 Å². The number of aryl methyl sites for hydroxylation is 2. The molecule has 0 fully saturated rings. The average molecular weight is 661 g/mol. The van der Waals surface area contributed by atoms with Crippen LogP contribution in [0.25, 0.3) is 45.4 Å². The van der Waals surface area contributed by atoms with Crippen LogP contribution in [0, 0.1) is 22.7 Å². The molecule has 8 aromatic heterocycles. The van der Waals surface area contributed by atoms with Gasteiger partial charge < -0.3 is 18.3 Å². The van der Waals surface area contributed by atoms with Gasteiger partial charge in [0.1, 0.15) is 34.8 Å². The number of nitriles is 2. The van der Waals surface area contributed by atoms with E-state index >= 15 is 0 Å². The first-order chi connectivity index (χ1) is 24.6. The molecule has 0 spiro atoms. The number of hydrogen-bond acceptors (Lipinski definition) is 12. The molecule has 16 heteroatoms. The van der Waals surface area contributed by atoms with Crippen LogP contribution in [-0.2, 0) is 26.2 Å². The summed E-state index contributed by atoms with van der Waals surface area (Å²) in [5.41, 5.74) is 3.83. The Bertz CT molecular complexity index is 2320. The molecule has 0 N–H and O–H groups in total. The van der Waals surface area contributed by atoms with Crippen LogP contribution in [0.2, 0.25) is 0 Å². The molecule has 50 heavy (non-hydrogen) atoms. The Hall–Kier alpha value is -7.20. The molecule has 244 valence electrons. The minimum atomic E-state index is 0.385. The van der Waals surface area contributed by atoms with E-state index in [0.29, 0.717) is 60.9 Å². The van der Waals surface area contributed by atoms with Crippen molar-refractivity contribution in [2.45, 2.75) is 40.0 Å². The fourth-order valence-corrected chi connectivity index (χ4v) is 5.76. The Balaban J connectivity index is 0.000000157. The highest BCUT2D eigenvalue weighted by molar-refractivity contribution is 5.81. The Morgan fingerprint density at radius 3 is 1.34 bits per heavy atom. The van der Waals surface area contributed by atoms with Gasteiger partial charge in [0.25, 0.3) is 0 Å². The van der Waals surface area contributed by atoms with E-state index in [0.717, 1.165) is 33.7 Å². The second kappa shape index (κ2) is 13.9. The summed E-state index contributed by atoms with van der Waals surface area (Å²) < 4.78 is 7.91. The summed E-state index contributed by atoms with van der Waals surface area (Å²) in [7, 11) is 0. The summed E-state index contributed by atoms with van der Waals surface area (Å²) in [6.07, 6.45) is 17.1. The third-order valence-electron chi connectivity index (χ3n) is 7.90. The Morgan fingerprint density at radius 2 is 0.960 bits per heavy atom. The lowest BCUT2D eigenvalue weighted by Gasteiger charge is -2.09. The molecule has 0 aromatic carbocycles. The SMILES string of the molecule is CCn1c(Cn2ccnc2-c2ncccn2)nc2ccnc(C#N)c21.CCn1c(Cn2ccnc2-c2ncccn2)nc2ccnc(C#N)c21. The smallest absolute Gasteiger partial charge is 0.195 e. The molecule has 8 rings (SSSR count). The zero-order valence-electron chi connectivity index (χ0n) is 27.1. The normalized spacial score (nSPS) is 10.9. The minimum Gasteiger partial charge on any atom is -0.324 e. The molecular formula is C34H28N16. The number of nitrogens with zero attached hydrogens (tertiary/aromatic N) is 16. The van der Waals surface area contributed by atoms with Crippen molar-refractivity contribution in [1.29, 1.82) is 10.5 Å². The standard InChI is InChI=1S/2C17H14N8/c2*1-2-25-14(23-12-4-7-19-13(10-18)15(12)25)11-24-9-8-22-17(24)16-20-5-3-6-21-16/h2*3-9H,2,11H2,1H3. The summed E-state index contributed by atoms with van der Waals surface area (Å²) in [5.74, 6) is 4.13. The van der Waals surface area contributed by atoms with Gasteiger partial charge in [0.2, 0.25) is 0 Å². The van der Waals surface area contributed by atoms with Crippen molar-refractivity contribution in [2.75, 3.05) is 0 Å². The first-order valence-electron chi connectivity index (χ1n) is 15.7. The van der Waals surface area contributed by atoms with E-state index in [2.05, 4.69) is 62.0 Å². The van der Waals surface area contributed by atoms with Gasteiger partial charge in [-0.2, -0.15) is 10.5 Å². The Labute approximate surface area is 285 Å². The first kappa shape index (κ1) is 31.4. The molecule has 0 aliphatic carbocycles. The van der Waals surface area contributed by atoms with E-state index in [4.69, 9.17) is 0 Å². The van der Waals surface area contributed by atoms with Gasteiger partial charge in [-0.05, 0) is 38.1 Å². The minimum absolute atomic E-state index is 0.385. The van der Waals surface area contributed by atoms with E-state index in [1.54, 1.807) is 61.7 Å². The fraction of sp³-hybridized carbons (Fsp3) is 0.176. The van der Waals surface area contributed by atoms with Crippen LogP contribution in [0.3, 0.4) is 0 Å². The lowest BCUT2D eigenvalue weighted by atomic mass is 10.3. The largest absolute Gasteiger partial charge is 0.324 e. The number of hydrogen-bond donors (Lipinski definition) is 0. The van der Waals surface area contributed by atoms with Crippen molar-refractivity contribution in [1.82, 2.24) is 68.1 Å². The number of imidazole rings is 4. The van der Waals surface area contributed by atoms with Gasteiger partial charge in [0, 0.05) is 75.1 Å². The quantitative estimate of drug-likeness (QED) is 0.227. The highest BCUT2D eigenvalue weighted by Crippen LogP contribution is 2.22. The summed E-state index contributed by atoms with van der Waals surface area (Å²) >= 11 is 0. The molecule has 0 saturated heterocycles. The van der Waals surface area contributed by atoms with Crippen molar-refractivity contribution in [3.8, 4) is 35.4 Å². The molecule has 0 bridgehead atoms. The third-order valence-corrected chi connectivity index (χ3v) is 7.90. The zero-order chi connectivity index (χ0) is 34.5. The highest BCUT2D eigenvalue weighted by Gasteiger charge is 2.18. The number of fused-ring (bicyclic) bond motifs is 2. The second-order valence-corrected chi connectivity index (χ2v) is 10.7. The van der Waals surface area contributed by atoms with Gasteiger partial charge in [-0.25, -0.2) is 49.8 Å². The van der Waals surface area contributed by atoms with Gasteiger partial charge in [-0.1, -0.05) is 0 Å². The van der Waals surface area contributed by atoms with E-state index in [9.17, 15) is 10.5 Å². The van der Waals surface area contributed by atoms with Crippen molar-refractivity contribution < 1.29 is 0 Å². The van der Waals surface area contributed by atoms with E-state index < -0.39 is 0 Å². The molecule has 0 unspecified atom stereocenters. The molecule has 0 amide bonds. The van der Waals surface area contributed by atoms with Crippen LogP contribution in [0.5, 0.6) is 0 Å².